The van der Waals surface area contributed by atoms with Gasteiger partial charge in [-0.05, 0) is 43.2 Å². The molecule has 6 nitrogen and oxygen atoms in total. The van der Waals surface area contributed by atoms with Crippen LogP contribution in [0.2, 0.25) is 0 Å². The molecular weight excluding hydrogens is 306 g/mol. The van der Waals surface area contributed by atoms with Gasteiger partial charge in [0.25, 0.3) is 5.91 Å². The topological polar surface area (TPSA) is 75.9 Å². The summed E-state index contributed by atoms with van der Waals surface area (Å²) < 4.78 is 7.03. The highest BCUT2D eigenvalue weighted by Crippen LogP contribution is 2.26. The molecule has 2 heterocycles. The van der Waals surface area contributed by atoms with Crippen LogP contribution in [0.3, 0.4) is 0 Å². The lowest BCUT2D eigenvalue weighted by atomic mass is 10.2. The van der Waals surface area contributed by atoms with Crippen LogP contribution in [0.25, 0.3) is 5.65 Å². The molecule has 0 radical (unpaired) electrons. The Hall–Kier alpha value is -3.02. The maximum Gasteiger partial charge on any atom is 0.274 e. The number of benzene rings is 1. The average Bonchev–Trinajstić information content (AvgIpc) is 2.96. The molecule has 0 aliphatic heterocycles. The molecule has 0 saturated carbocycles. The number of phenolic OH excluding ortho intramolecular Hbond substituents is 1. The van der Waals surface area contributed by atoms with Crippen molar-refractivity contribution in [2.45, 2.75) is 20.3 Å². The molecule has 0 aliphatic rings. The van der Waals surface area contributed by atoms with Gasteiger partial charge in [0.2, 0.25) is 0 Å². The zero-order chi connectivity index (χ0) is 17.3. The minimum Gasteiger partial charge on any atom is -0.506 e. The summed E-state index contributed by atoms with van der Waals surface area (Å²) in [5.41, 5.74) is 3.02. The van der Waals surface area contributed by atoms with Crippen molar-refractivity contribution < 1.29 is 14.6 Å². The maximum absolute atomic E-state index is 12.8. The molecule has 2 N–H and O–H groups in total. The average molecular weight is 325 g/mol. The van der Waals surface area contributed by atoms with Crippen LogP contribution in [0.15, 0.2) is 36.5 Å². The van der Waals surface area contributed by atoms with E-state index in [1.54, 1.807) is 48.0 Å². The predicted octanol–water partition coefficient (Wildman–Crippen LogP) is 3.17. The molecule has 124 valence electrons. The maximum atomic E-state index is 12.8. The molecule has 2 aromatic heterocycles. The zero-order valence-electron chi connectivity index (χ0n) is 13.8. The number of aromatic hydroxyl groups is 1. The van der Waals surface area contributed by atoms with Gasteiger partial charge in [-0.15, -0.1) is 0 Å². The molecular formula is C18H19N3O3. The van der Waals surface area contributed by atoms with Crippen LogP contribution in [0.5, 0.6) is 11.5 Å². The lowest BCUT2D eigenvalue weighted by Gasteiger charge is -2.09. The Labute approximate surface area is 139 Å². The van der Waals surface area contributed by atoms with E-state index in [1.165, 1.54) is 0 Å². The highest BCUT2D eigenvalue weighted by atomic mass is 16.5. The Kier molecular flexibility index (Phi) is 4.12. The van der Waals surface area contributed by atoms with Crippen LogP contribution in [0.1, 0.15) is 28.7 Å². The van der Waals surface area contributed by atoms with Crippen molar-refractivity contribution in [3.8, 4) is 11.5 Å². The number of imidazole rings is 1. The molecule has 0 aliphatic carbocycles. The second-order valence-corrected chi connectivity index (χ2v) is 5.51. The number of hydrogen-bond acceptors (Lipinski definition) is 4. The third-order valence-corrected chi connectivity index (χ3v) is 3.86. The Morgan fingerprint density at radius 3 is 2.88 bits per heavy atom. The molecule has 1 amide bonds. The standard InChI is InChI=1S/C18H19N3O3/c1-4-12-16(21-9-5-6-15(24-3)17(21)19-12)18(23)20-13-10-11(2)7-8-14(13)22/h5-10,22H,4H2,1-3H3,(H,20,23). The summed E-state index contributed by atoms with van der Waals surface area (Å²) >= 11 is 0. The molecule has 1 aromatic carbocycles. The molecule has 3 aromatic rings. The van der Waals surface area contributed by atoms with Gasteiger partial charge < -0.3 is 15.2 Å². The number of phenols is 1. The summed E-state index contributed by atoms with van der Waals surface area (Å²) in [5.74, 6) is 0.302. The van der Waals surface area contributed by atoms with Crippen LogP contribution in [0, 0.1) is 6.92 Å². The number of carbonyl (C=O) groups is 1. The third-order valence-electron chi connectivity index (χ3n) is 3.86. The molecule has 0 fully saturated rings. The largest absolute Gasteiger partial charge is 0.506 e. The van der Waals surface area contributed by atoms with Gasteiger partial charge in [0, 0.05) is 6.20 Å². The van der Waals surface area contributed by atoms with E-state index in [0.717, 1.165) is 5.56 Å². The number of nitrogens with zero attached hydrogens (tertiary/aromatic N) is 2. The van der Waals surface area contributed by atoms with Crippen molar-refractivity contribution in [2.24, 2.45) is 0 Å². The van der Waals surface area contributed by atoms with E-state index in [0.29, 0.717) is 34.9 Å². The Bertz CT molecular complexity index is 915. The first-order valence-electron chi connectivity index (χ1n) is 7.70. The highest BCUT2D eigenvalue weighted by Gasteiger charge is 2.21. The second-order valence-electron chi connectivity index (χ2n) is 5.51. The summed E-state index contributed by atoms with van der Waals surface area (Å²) in [5, 5.41) is 12.7. The van der Waals surface area contributed by atoms with Gasteiger partial charge in [0.1, 0.15) is 11.4 Å². The van der Waals surface area contributed by atoms with Crippen LogP contribution in [0.4, 0.5) is 5.69 Å². The zero-order valence-corrected chi connectivity index (χ0v) is 13.8. The van der Waals surface area contributed by atoms with Gasteiger partial charge in [-0.25, -0.2) is 4.98 Å². The first-order chi connectivity index (χ1) is 11.5. The Morgan fingerprint density at radius 1 is 1.38 bits per heavy atom. The first-order valence-corrected chi connectivity index (χ1v) is 7.70. The number of pyridine rings is 1. The van der Waals surface area contributed by atoms with Crippen LogP contribution in [-0.2, 0) is 6.42 Å². The van der Waals surface area contributed by atoms with Crippen molar-refractivity contribution in [2.75, 3.05) is 12.4 Å². The number of nitrogens with one attached hydrogen (secondary N) is 1. The number of aryl methyl sites for hydroxylation is 2. The SMILES string of the molecule is CCc1nc2c(OC)cccn2c1C(=O)Nc1cc(C)ccc1O. The highest BCUT2D eigenvalue weighted by molar-refractivity contribution is 6.05. The molecule has 0 atom stereocenters. The van der Waals surface area contributed by atoms with E-state index < -0.39 is 0 Å². The molecule has 3 rings (SSSR count). The fraction of sp³-hybridized carbons (Fsp3) is 0.222. The molecule has 6 heteroatoms. The minimum absolute atomic E-state index is 0.0263. The van der Waals surface area contributed by atoms with E-state index in [-0.39, 0.29) is 11.7 Å². The molecule has 0 bridgehead atoms. The van der Waals surface area contributed by atoms with E-state index in [4.69, 9.17) is 4.74 Å². The van der Waals surface area contributed by atoms with E-state index >= 15 is 0 Å². The van der Waals surface area contributed by atoms with Crippen molar-refractivity contribution >= 4 is 17.2 Å². The molecule has 0 saturated heterocycles. The fourth-order valence-electron chi connectivity index (χ4n) is 2.67. The van der Waals surface area contributed by atoms with Gasteiger partial charge in [-0.2, -0.15) is 0 Å². The summed E-state index contributed by atoms with van der Waals surface area (Å²) in [6, 6.07) is 8.66. The van der Waals surface area contributed by atoms with Gasteiger partial charge in [0.15, 0.2) is 11.4 Å². The first kappa shape index (κ1) is 15.9. The third kappa shape index (κ3) is 2.67. The quantitative estimate of drug-likeness (QED) is 0.722. The minimum atomic E-state index is -0.325. The number of carbonyl (C=O) groups excluding carboxylic acids is 1. The molecule has 0 unspecified atom stereocenters. The molecule has 0 spiro atoms. The number of methoxy groups -OCH3 is 1. The van der Waals surface area contributed by atoms with Gasteiger partial charge >= 0.3 is 0 Å². The van der Waals surface area contributed by atoms with Crippen molar-refractivity contribution in [3.05, 3.63) is 53.5 Å². The normalized spacial score (nSPS) is 10.8. The lowest BCUT2D eigenvalue weighted by molar-refractivity contribution is 0.102. The van der Waals surface area contributed by atoms with E-state index in [2.05, 4.69) is 10.3 Å². The summed E-state index contributed by atoms with van der Waals surface area (Å²) in [6.45, 7) is 3.83. The number of rotatable bonds is 4. The number of ether oxygens (including phenoxy) is 1. The fourth-order valence-corrected chi connectivity index (χ4v) is 2.67. The van der Waals surface area contributed by atoms with Crippen molar-refractivity contribution in [1.82, 2.24) is 9.38 Å². The number of aromatic nitrogens is 2. The second kappa shape index (κ2) is 6.23. The van der Waals surface area contributed by atoms with Crippen molar-refractivity contribution in [1.29, 1.82) is 0 Å². The van der Waals surface area contributed by atoms with Gasteiger partial charge in [0.05, 0.1) is 18.5 Å². The summed E-state index contributed by atoms with van der Waals surface area (Å²) in [4.78, 5) is 17.3. The van der Waals surface area contributed by atoms with Gasteiger partial charge in [-0.3, -0.25) is 9.20 Å². The van der Waals surface area contributed by atoms with Crippen LogP contribution in [-0.4, -0.2) is 27.5 Å². The number of amides is 1. The van der Waals surface area contributed by atoms with Gasteiger partial charge in [-0.1, -0.05) is 13.0 Å². The summed E-state index contributed by atoms with van der Waals surface area (Å²) in [7, 11) is 1.57. The Balaban J connectivity index is 2.08. The Morgan fingerprint density at radius 2 is 2.17 bits per heavy atom. The van der Waals surface area contributed by atoms with Crippen LogP contribution < -0.4 is 10.1 Å². The predicted molar refractivity (Wildman–Crippen MR) is 91.9 cm³/mol. The number of hydrogen-bond donors (Lipinski definition) is 2. The monoisotopic (exact) mass is 325 g/mol. The van der Waals surface area contributed by atoms with Crippen molar-refractivity contribution in [3.63, 3.8) is 0 Å². The van der Waals surface area contributed by atoms with E-state index in [9.17, 15) is 9.90 Å². The number of anilines is 1. The lowest BCUT2D eigenvalue weighted by Crippen LogP contribution is -2.16. The molecule has 24 heavy (non-hydrogen) atoms. The van der Waals surface area contributed by atoms with E-state index in [1.807, 2.05) is 13.8 Å². The smallest absolute Gasteiger partial charge is 0.274 e. The summed E-state index contributed by atoms with van der Waals surface area (Å²) in [6.07, 6.45) is 2.38. The number of fused-ring (bicyclic) bond motifs is 1. The van der Waals surface area contributed by atoms with Crippen LogP contribution >= 0.6 is 0 Å².